The van der Waals surface area contributed by atoms with Crippen LogP contribution in [0.2, 0.25) is 0 Å². The van der Waals surface area contributed by atoms with E-state index in [0.717, 1.165) is 5.56 Å². The summed E-state index contributed by atoms with van der Waals surface area (Å²) in [4.78, 5) is 42.2. The number of pyridine rings is 2. The van der Waals surface area contributed by atoms with Crippen LogP contribution in [0.5, 0.6) is 23.0 Å². The minimum absolute atomic E-state index is 0.0641. The van der Waals surface area contributed by atoms with Crippen molar-refractivity contribution in [3.63, 3.8) is 0 Å². The molecule has 3 N–H and O–H groups in total. The molecule has 38 heavy (non-hydrogen) atoms. The number of esters is 1. The lowest BCUT2D eigenvalue weighted by Crippen LogP contribution is -2.31. The highest BCUT2D eigenvalue weighted by Crippen LogP contribution is 2.37. The molecule has 0 unspecified atom stereocenters. The number of H-pyrrole nitrogens is 1. The maximum Gasteiger partial charge on any atom is 0.306 e. The number of benzene rings is 2. The highest BCUT2D eigenvalue weighted by molar-refractivity contribution is 5.84. The Bertz CT molecular complexity index is 1650. The number of nitrogens with zero attached hydrogens (tertiary/aromatic N) is 1. The summed E-state index contributed by atoms with van der Waals surface area (Å²) in [6, 6.07) is 13.0. The largest absolute Gasteiger partial charge is 0.508 e. The molecule has 0 radical (unpaired) electrons. The van der Waals surface area contributed by atoms with E-state index < -0.39 is 23.0 Å². The van der Waals surface area contributed by atoms with Crippen LogP contribution in [-0.2, 0) is 22.5 Å². The number of fused-ring (bicyclic) bond motifs is 2. The zero-order valence-electron chi connectivity index (χ0n) is 20.8. The Morgan fingerprint density at radius 3 is 2.50 bits per heavy atom. The number of hydrogen-bond donors (Lipinski definition) is 3. The first-order valence-corrected chi connectivity index (χ1v) is 12.0. The van der Waals surface area contributed by atoms with Gasteiger partial charge in [-0.15, -0.1) is 0 Å². The smallest absolute Gasteiger partial charge is 0.306 e. The van der Waals surface area contributed by atoms with E-state index in [0.29, 0.717) is 34.5 Å². The van der Waals surface area contributed by atoms with Crippen LogP contribution in [-0.4, -0.2) is 39.6 Å². The van der Waals surface area contributed by atoms with E-state index in [4.69, 9.17) is 14.2 Å². The van der Waals surface area contributed by atoms with E-state index in [9.17, 15) is 24.6 Å². The van der Waals surface area contributed by atoms with E-state index in [1.807, 2.05) is 0 Å². The van der Waals surface area contributed by atoms with Crippen LogP contribution in [0.4, 0.5) is 0 Å². The summed E-state index contributed by atoms with van der Waals surface area (Å²) in [7, 11) is 1.22. The molecule has 1 aliphatic heterocycles. The Kier molecular flexibility index (Phi) is 6.54. The summed E-state index contributed by atoms with van der Waals surface area (Å²) in [6.07, 6.45) is 0.149. The van der Waals surface area contributed by atoms with Crippen LogP contribution in [0, 0.1) is 6.92 Å². The Morgan fingerprint density at radius 1 is 1.08 bits per heavy atom. The number of nitrogens with one attached hydrogen (secondary N) is 1. The van der Waals surface area contributed by atoms with Gasteiger partial charge in [-0.1, -0.05) is 12.1 Å². The maximum absolute atomic E-state index is 13.8. The van der Waals surface area contributed by atoms with Crippen LogP contribution in [0.3, 0.4) is 0 Å². The molecule has 2 aromatic heterocycles. The molecule has 0 fully saturated rings. The molecule has 0 saturated carbocycles. The first kappa shape index (κ1) is 24.9. The molecule has 0 saturated heterocycles. The normalized spacial score (nSPS) is 13.0. The standard InChI is InChI=1S/C28H26N2O8/c1-15-9-22(32)26(28(35)30(15)8-7-16-3-5-18(31)6-4-16)19(12-25(33)36-2)20-10-17-11-23-24(38-14-37-23)13-21(17)29-27(20)34/h3-6,9-11,13,19,31-32H,7-8,12,14H2,1-2H3,(H,29,34)/t19-/m1/s1. The van der Waals surface area contributed by atoms with Gasteiger partial charge < -0.3 is 34.0 Å². The average Bonchev–Trinajstić information content (AvgIpc) is 3.34. The zero-order valence-corrected chi connectivity index (χ0v) is 20.8. The van der Waals surface area contributed by atoms with Crippen LogP contribution in [0.25, 0.3) is 10.9 Å². The van der Waals surface area contributed by atoms with Gasteiger partial charge >= 0.3 is 5.97 Å². The molecular weight excluding hydrogens is 492 g/mol. The molecule has 2 aromatic carbocycles. The quantitative estimate of drug-likeness (QED) is 0.317. The predicted molar refractivity (Wildman–Crippen MR) is 138 cm³/mol. The Hall–Kier alpha value is -4.73. The molecule has 10 nitrogen and oxygen atoms in total. The van der Waals surface area contributed by atoms with Gasteiger partial charge in [-0.2, -0.15) is 0 Å². The van der Waals surface area contributed by atoms with Crippen LogP contribution in [0.15, 0.2) is 58.1 Å². The van der Waals surface area contributed by atoms with Crippen LogP contribution in [0.1, 0.15) is 34.7 Å². The van der Waals surface area contributed by atoms with Gasteiger partial charge in [-0.05, 0) is 49.2 Å². The van der Waals surface area contributed by atoms with E-state index >= 15 is 0 Å². The van der Waals surface area contributed by atoms with Gasteiger partial charge in [-0.3, -0.25) is 14.4 Å². The first-order chi connectivity index (χ1) is 18.2. The van der Waals surface area contributed by atoms with Crippen molar-refractivity contribution in [2.45, 2.75) is 32.2 Å². The molecule has 0 amide bonds. The zero-order chi connectivity index (χ0) is 27.0. The van der Waals surface area contributed by atoms with Crippen molar-refractivity contribution in [3.05, 3.63) is 91.6 Å². The van der Waals surface area contributed by atoms with Gasteiger partial charge in [-0.25, -0.2) is 0 Å². The Labute approximate surface area is 216 Å². The SMILES string of the molecule is COC(=O)C[C@H](c1cc2cc3c(cc2[nH]c1=O)OCO3)c1c(O)cc(C)n(CCc2ccc(O)cc2)c1=O. The monoisotopic (exact) mass is 518 g/mol. The number of phenols is 1. The fourth-order valence-electron chi connectivity index (χ4n) is 4.77. The minimum atomic E-state index is -1.07. The van der Waals surface area contributed by atoms with E-state index in [-0.39, 0.29) is 42.4 Å². The fourth-order valence-corrected chi connectivity index (χ4v) is 4.77. The molecule has 1 atom stereocenters. The minimum Gasteiger partial charge on any atom is -0.508 e. The molecule has 0 bridgehead atoms. The summed E-state index contributed by atoms with van der Waals surface area (Å²) < 4.78 is 17.2. The molecule has 3 heterocycles. The van der Waals surface area contributed by atoms with E-state index in [2.05, 4.69) is 4.98 Å². The third kappa shape index (κ3) is 4.68. The number of aryl methyl sites for hydroxylation is 2. The lowest BCUT2D eigenvalue weighted by atomic mass is 9.88. The molecule has 5 rings (SSSR count). The number of ether oxygens (including phenoxy) is 3. The number of aromatic amines is 1. The van der Waals surface area contributed by atoms with Crippen molar-refractivity contribution in [1.29, 1.82) is 0 Å². The number of phenolic OH excluding ortho intramolecular Hbond substituents is 1. The van der Waals surface area contributed by atoms with Crippen molar-refractivity contribution < 1.29 is 29.2 Å². The number of methoxy groups -OCH3 is 1. The van der Waals surface area contributed by atoms with Crippen molar-refractivity contribution in [1.82, 2.24) is 9.55 Å². The lowest BCUT2D eigenvalue weighted by molar-refractivity contribution is -0.140. The van der Waals surface area contributed by atoms with E-state index in [1.165, 1.54) is 17.7 Å². The molecule has 0 spiro atoms. The molecule has 1 aliphatic rings. The predicted octanol–water partition coefficient (Wildman–Crippen LogP) is 3.08. The third-order valence-corrected chi connectivity index (χ3v) is 6.77. The summed E-state index contributed by atoms with van der Waals surface area (Å²) in [5.41, 5.74) is 0.951. The van der Waals surface area contributed by atoms with Gasteiger partial charge in [0.2, 0.25) is 6.79 Å². The lowest BCUT2D eigenvalue weighted by Gasteiger charge is -2.20. The fraction of sp³-hybridized carbons (Fsp3) is 0.250. The number of hydrogen-bond acceptors (Lipinski definition) is 8. The highest BCUT2D eigenvalue weighted by Gasteiger charge is 2.29. The topological polar surface area (TPSA) is 140 Å². The molecular formula is C28H26N2O8. The van der Waals surface area contributed by atoms with Gasteiger partial charge in [0.05, 0.1) is 24.6 Å². The average molecular weight is 519 g/mol. The highest BCUT2D eigenvalue weighted by atomic mass is 16.7. The molecule has 0 aliphatic carbocycles. The van der Waals surface area contributed by atoms with Crippen molar-refractivity contribution in [3.8, 4) is 23.0 Å². The van der Waals surface area contributed by atoms with Gasteiger partial charge in [0.25, 0.3) is 11.1 Å². The first-order valence-electron chi connectivity index (χ1n) is 12.0. The third-order valence-electron chi connectivity index (χ3n) is 6.77. The molecule has 10 heteroatoms. The maximum atomic E-state index is 13.8. The van der Waals surface area contributed by atoms with Crippen molar-refractivity contribution in [2.75, 3.05) is 13.9 Å². The second kappa shape index (κ2) is 9.97. The van der Waals surface area contributed by atoms with Gasteiger partial charge in [0.15, 0.2) is 11.5 Å². The summed E-state index contributed by atoms with van der Waals surface area (Å²) in [6.45, 7) is 2.04. The second-order valence-corrected chi connectivity index (χ2v) is 9.14. The number of carbonyl (C=O) groups excluding carboxylic acids is 1. The summed E-state index contributed by atoms with van der Waals surface area (Å²) in [5.74, 6) is -0.879. The Morgan fingerprint density at radius 2 is 1.79 bits per heavy atom. The van der Waals surface area contributed by atoms with Gasteiger partial charge in [0, 0.05) is 35.2 Å². The van der Waals surface area contributed by atoms with E-state index in [1.54, 1.807) is 49.4 Å². The van der Waals surface area contributed by atoms with Crippen LogP contribution < -0.4 is 20.6 Å². The summed E-state index contributed by atoms with van der Waals surface area (Å²) >= 11 is 0. The van der Waals surface area contributed by atoms with Crippen molar-refractivity contribution >= 4 is 16.9 Å². The molecule has 196 valence electrons. The number of carbonyl (C=O) groups is 1. The van der Waals surface area contributed by atoms with Crippen LogP contribution >= 0.6 is 0 Å². The summed E-state index contributed by atoms with van der Waals surface area (Å²) in [5, 5.41) is 21.1. The number of aromatic nitrogens is 2. The number of aromatic hydroxyl groups is 2. The van der Waals surface area contributed by atoms with Gasteiger partial charge in [0.1, 0.15) is 11.5 Å². The molecule has 4 aromatic rings. The Balaban J connectivity index is 1.61. The number of rotatable bonds is 7. The second-order valence-electron chi connectivity index (χ2n) is 9.14. The van der Waals surface area contributed by atoms with Crippen molar-refractivity contribution in [2.24, 2.45) is 0 Å².